The predicted octanol–water partition coefficient (Wildman–Crippen LogP) is 8.83. The van der Waals surface area contributed by atoms with Crippen LogP contribution < -0.4 is 5.10 Å². The Morgan fingerprint density at radius 1 is 0.841 bits per heavy atom. The van der Waals surface area contributed by atoms with Crippen LogP contribution >= 0.6 is 0 Å². The third kappa shape index (κ3) is 3.42. The second-order valence-electron chi connectivity index (χ2n) is 14.6. The second kappa shape index (κ2) is 9.70. The third-order valence-corrected chi connectivity index (χ3v) is 12.9. The van der Waals surface area contributed by atoms with E-state index >= 15 is 0 Å². The molecule has 5 aromatic rings. The van der Waals surface area contributed by atoms with E-state index in [2.05, 4.69) is 90.5 Å². The molecule has 0 aliphatic heterocycles. The Morgan fingerprint density at radius 3 is 2.36 bits per heavy atom. The van der Waals surface area contributed by atoms with Gasteiger partial charge in [0.15, 0.2) is 0 Å². The van der Waals surface area contributed by atoms with Crippen LogP contribution in [0.25, 0.3) is 33.5 Å². The second-order valence-corrected chi connectivity index (χ2v) is 14.6. The summed E-state index contributed by atoms with van der Waals surface area (Å²) in [6.45, 7) is 7.12. The molecular weight excluding hydrogens is 720 g/mol. The Kier molecular flexibility index (Phi) is 6.25. The summed E-state index contributed by atoms with van der Waals surface area (Å²) in [7, 11) is 0. The van der Waals surface area contributed by atoms with Crippen LogP contribution in [0, 0.1) is 11.5 Å². The number of aromatic nitrogens is 4. The third-order valence-electron chi connectivity index (χ3n) is 12.9. The predicted molar refractivity (Wildman–Crippen MR) is 171 cm³/mol. The summed E-state index contributed by atoms with van der Waals surface area (Å²) in [6, 6.07) is 27.2. The molecule has 0 spiro atoms. The molecule has 2 aromatic carbocycles. The smallest absolute Gasteiger partial charge is 0.573 e. The average Bonchev–Trinajstić information content (AvgIpc) is 3.81. The molecule has 5 aliphatic carbocycles. The van der Waals surface area contributed by atoms with Crippen molar-refractivity contribution in [3.05, 3.63) is 101 Å². The van der Waals surface area contributed by atoms with E-state index in [0.717, 1.165) is 16.9 Å². The zero-order valence-corrected chi connectivity index (χ0v) is 28.0. The van der Waals surface area contributed by atoms with Gasteiger partial charge in [0, 0.05) is 23.0 Å². The molecule has 0 saturated heterocycles. The minimum absolute atomic E-state index is 0. The number of hydrogen-bond donors (Lipinski definition) is 0. The van der Waals surface area contributed by atoms with Gasteiger partial charge in [-0.1, -0.05) is 88.0 Å². The van der Waals surface area contributed by atoms with Crippen LogP contribution in [-0.2, 0) is 37.3 Å². The van der Waals surface area contributed by atoms with Gasteiger partial charge in [-0.3, -0.25) is 9.97 Å². The van der Waals surface area contributed by atoms with Gasteiger partial charge in [0.1, 0.15) is 0 Å². The van der Waals surface area contributed by atoms with E-state index < -0.39 is 0 Å². The fourth-order valence-electron chi connectivity index (χ4n) is 10.5. The van der Waals surface area contributed by atoms with Gasteiger partial charge in [-0.2, -0.15) is 0 Å². The molecule has 5 heteroatoms. The molecule has 3 fully saturated rings. The number of hydrogen-bond acceptors (Lipinski definition) is 3. The molecule has 2 atom stereocenters. The average molecular weight is 758 g/mol. The van der Waals surface area contributed by atoms with Crippen LogP contribution in [0.4, 0.5) is 0 Å². The van der Waals surface area contributed by atoms with Crippen LogP contribution in [0.1, 0.15) is 100 Å². The zero-order chi connectivity index (χ0) is 29.0. The Hall–Kier alpha value is -3.10. The molecular formula is C39H38N4Pt. The fraction of sp³-hybridized carbons (Fsp3) is 0.410. The summed E-state index contributed by atoms with van der Waals surface area (Å²) < 4.78 is 0. The SMILES string of the molecule is CC12CCC(c3c1n[n-]c3-c1ccccn1)C2(C)C.[Pt+2].[c-]1cccc2c1-c1nc3ccccc3cc1C13CCCC21CCC3. The molecule has 0 amide bonds. The van der Waals surface area contributed by atoms with Crippen LogP contribution in [0.3, 0.4) is 0 Å². The van der Waals surface area contributed by atoms with Crippen molar-refractivity contribution in [3.63, 3.8) is 0 Å². The molecule has 0 N–H and O–H groups in total. The van der Waals surface area contributed by atoms with Gasteiger partial charge in [0.2, 0.25) is 0 Å². The monoisotopic (exact) mass is 757 g/mol. The summed E-state index contributed by atoms with van der Waals surface area (Å²) in [5.41, 5.74) is 12.4. The van der Waals surface area contributed by atoms with Crippen LogP contribution in [0.5, 0.6) is 0 Å². The van der Waals surface area contributed by atoms with Gasteiger partial charge in [0.25, 0.3) is 0 Å². The first-order chi connectivity index (χ1) is 20.9. The number of rotatable bonds is 1. The standard InChI is InChI=1S/C23H20N.C16H18N3.Pt/c1-4-10-20-16(7-1)15-19-21(24-20)17-8-2-3-9-18(17)22-11-5-13-23(19,22)14-6-12-22;1-15(2)10-7-8-16(15,3)14-12(10)13(18-19-14)11-6-4-5-9-17-11;/h1-4,7,9-10,15H,5-6,11-14H2;4-6,9-10H,7-8H2,1-3H3;/q2*-1;+2. The molecule has 2 unspecified atom stereocenters. The van der Waals surface area contributed by atoms with Gasteiger partial charge >= 0.3 is 21.1 Å². The van der Waals surface area contributed by atoms with Crippen molar-refractivity contribution in [2.45, 2.75) is 94.3 Å². The molecule has 5 aliphatic rings. The topological polar surface area (TPSA) is 52.8 Å². The number of para-hydroxylation sites is 1. The molecule has 3 aromatic heterocycles. The normalized spacial score (nSPS) is 29.5. The Bertz CT molecular complexity index is 1900. The largest absolute Gasteiger partial charge is 2.00 e. The van der Waals surface area contributed by atoms with Gasteiger partial charge in [-0.05, 0) is 82.7 Å². The molecule has 224 valence electrons. The summed E-state index contributed by atoms with van der Waals surface area (Å²) in [4.78, 5) is 9.59. The number of pyridine rings is 2. The molecule has 44 heavy (non-hydrogen) atoms. The van der Waals surface area contributed by atoms with Gasteiger partial charge in [-0.15, -0.1) is 35.4 Å². The van der Waals surface area contributed by atoms with Crippen molar-refractivity contribution in [2.24, 2.45) is 5.41 Å². The molecule has 0 radical (unpaired) electrons. The van der Waals surface area contributed by atoms with Gasteiger partial charge in [0.05, 0.1) is 5.52 Å². The van der Waals surface area contributed by atoms with Gasteiger partial charge in [-0.25, -0.2) is 0 Å². The molecule has 4 nitrogen and oxygen atoms in total. The van der Waals surface area contributed by atoms with Crippen molar-refractivity contribution in [1.82, 2.24) is 20.2 Å². The zero-order valence-electron chi connectivity index (χ0n) is 25.8. The molecule has 2 bridgehead atoms. The fourth-order valence-corrected chi connectivity index (χ4v) is 10.5. The molecule has 3 heterocycles. The quantitative estimate of drug-likeness (QED) is 0.161. The summed E-state index contributed by atoms with van der Waals surface area (Å²) in [6.07, 6.45) is 12.3. The van der Waals surface area contributed by atoms with Crippen LogP contribution in [0.2, 0.25) is 0 Å². The molecule has 10 rings (SSSR count). The minimum Gasteiger partial charge on any atom is -0.573 e. The minimum atomic E-state index is 0. The van der Waals surface area contributed by atoms with Crippen molar-refractivity contribution in [3.8, 4) is 22.6 Å². The van der Waals surface area contributed by atoms with E-state index in [0.29, 0.717) is 16.7 Å². The summed E-state index contributed by atoms with van der Waals surface area (Å²) in [5.74, 6) is 0.583. The first-order valence-corrected chi connectivity index (χ1v) is 16.3. The van der Waals surface area contributed by atoms with E-state index in [-0.39, 0.29) is 31.9 Å². The van der Waals surface area contributed by atoms with E-state index in [1.54, 1.807) is 0 Å². The first kappa shape index (κ1) is 28.4. The van der Waals surface area contributed by atoms with E-state index in [4.69, 9.17) is 4.98 Å². The number of benzene rings is 2. The molecule has 3 saturated carbocycles. The van der Waals surface area contributed by atoms with E-state index in [1.807, 2.05) is 24.4 Å². The number of nitrogens with zero attached hydrogens (tertiary/aromatic N) is 4. The maximum atomic E-state index is 5.14. The Labute approximate surface area is 274 Å². The summed E-state index contributed by atoms with van der Waals surface area (Å²) in [5, 5.41) is 10.3. The first-order valence-electron chi connectivity index (χ1n) is 16.3. The van der Waals surface area contributed by atoms with Crippen molar-refractivity contribution in [2.75, 3.05) is 0 Å². The van der Waals surface area contributed by atoms with Crippen molar-refractivity contribution >= 4 is 10.9 Å². The van der Waals surface area contributed by atoms with Crippen molar-refractivity contribution in [1.29, 1.82) is 0 Å². The maximum Gasteiger partial charge on any atom is 2.00 e. The summed E-state index contributed by atoms with van der Waals surface area (Å²) >= 11 is 0. The van der Waals surface area contributed by atoms with E-state index in [1.165, 1.54) is 90.4 Å². The van der Waals surface area contributed by atoms with Gasteiger partial charge < -0.3 is 10.2 Å². The Morgan fingerprint density at radius 2 is 1.59 bits per heavy atom. The van der Waals surface area contributed by atoms with Crippen molar-refractivity contribution < 1.29 is 21.1 Å². The maximum absolute atomic E-state index is 5.14. The van der Waals surface area contributed by atoms with Crippen LogP contribution in [0.15, 0.2) is 72.9 Å². The number of fused-ring (bicyclic) bond motifs is 9. The van der Waals surface area contributed by atoms with E-state index in [9.17, 15) is 0 Å². The Balaban J connectivity index is 0.000000132. The van der Waals surface area contributed by atoms with Crippen LogP contribution in [-0.4, -0.2) is 15.1 Å².